The normalized spacial score (nSPS) is 14.0. The number of hydrogen-bond acceptors (Lipinski definition) is 2. The first-order chi connectivity index (χ1) is 11.9. The van der Waals surface area contributed by atoms with E-state index in [1.165, 1.54) is 11.1 Å². The molecule has 0 aliphatic carbocycles. The maximum Gasteiger partial charge on any atom is 0.257 e. The Balaban J connectivity index is 1.72. The first kappa shape index (κ1) is 17.6. The average Bonchev–Trinajstić information content (AvgIpc) is 2.60. The van der Waals surface area contributed by atoms with Crippen LogP contribution in [0.2, 0.25) is 0 Å². The number of fused-ring (bicyclic) bond motifs is 1. The van der Waals surface area contributed by atoms with Crippen molar-refractivity contribution >= 4 is 28.9 Å². The quantitative estimate of drug-likeness (QED) is 0.770. The third-order valence-electron chi connectivity index (χ3n) is 4.59. The van der Waals surface area contributed by atoms with E-state index in [9.17, 15) is 4.79 Å². The van der Waals surface area contributed by atoms with Crippen molar-refractivity contribution < 1.29 is 4.79 Å². The lowest BCUT2D eigenvalue weighted by molar-refractivity contribution is 0.0977. The summed E-state index contributed by atoms with van der Waals surface area (Å²) in [5, 5.41) is 3.35. The molecule has 1 amide bonds. The van der Waals surface area contributed by atoms with Crippen molar-refractivity contribution in [1.82, 2.24) is 5.32 Å². The van der Waals surface area contributed by atoms with E-state index in [2.05, 4.69) is 38.2 Å². The van der Waals surface area contributed by atoms with Crippen LogP contribution in [0.5, 0.6) is 0 Å². The molecule has 2 aromatic rings. The molecule has 0 bridgehead atoms. The minimum atomic E-state index is -0.159. The molecular weight excluding hydrogens is 328 g/mol. The third kappa shape index (κ3) is 3.90. The molecule has 0 unspecified atom stereocenters. The first-order valence-corrected chi connectivity index (χ1v) is 9.08. The Morgan fingerprint density at radius 3 is 2.44 bits per heavy atom. The van der Waals surface area contributed by atoms with Crippen LogP contribution in [0.25, 0.3) is 0 Å². The van der Waals surface area contributed by atoms with Crippen LogP contribution in [-0.2, 0) is 11.8 Å². The Hall–Kier alpha value is -2.20. The van der Waals surface area contributed by atoms with Crippen molar-refractivity contribution in [2.75, 3.05) is 11.4 Å². The smallest absolute Gasteiger partial charge is 0.257 e. The van der Waals surface area contributed by atoms with Crippen LogP contribution in [0.1, 0.15) is 48.7 Å². The number of benzene rings is 2. The van der Waals surface area contributed by atoms with Gasteiger partial charge in [-0.25, -0.2) is 0 Å². The zero-order chi connectivity index (χ0) is 18.0. The van der Waals surface area contributed by atoms with Gasteiger partial charge in [0, 0.05) is 17.8 Å². The number of nitrogens with zero attached hydrogens (tertiary/aromatic N) is 1. The Morgan fingerprint density at radius 2 is 1.76 bits per heavy atom. The van der Waals surface area contributed by atoms with Crippen LogP contribution in [0.15, 0.2) is 48.5 Å². The van der Waals surface area contributed by atoms with E-state index in [1.54, 1.807) is 0 Å². The molecule has 1 aliphatic heterocycles. The van der Waals surface area contributed by atoms with E-state index in [0.29, 0.717) is 10.7 Å². The maximum atomic E-state index is 12.5. The average molecular weight is 353 g/mol. The highest BCUT2D eigenvalue weighted by atomic mass is 32.1. The Kier molecular flexibility index (Phi) is 4.91. The first-order valence-electron chi connectivity index (χ1n) is 8.67. The number of anilines is 1. The molecule has 4 heteroatoms. The summed E-state index contributed by atoms with van der Waals surface area (Å²) in [5.74, 6) is -0.159. The standard InChI is InChI=1S/C21H24N2OS/c1-21(2,3)17-12-10-16(11-13-17)19(24)22-20(25)23-14-6-8-15-7-4-5-9-18(15)23/h4-5,7,9-13H,6,8,14H2,1-3H3,(H,22,24,25). The van der Waals surface area contributed by atoms with Gasteiger partial charge >= 0.3 is 0 Å². The van der Waals surface area contributed by atoms with Gasteiger partial charge in [-0.05, 0) is 59.8 Å². The van der Waals surface area contributed by atoms with E-state index >= 15 is 0 Å². The summed E-state index contributed by atoms with van der Waals surface area (Å²) < 4.78 is 0. The van der Waals surface area contributed by atoms with Crippen molar-refractivity contribution in [3.05, 3.63) is 65.2 Å². The number of aryl methyl sites for hydroxylation is 1. The van der Waals surface area contributed by atoms with Gasteiger partial charge in [0.05, 0.1) is 0 Å². The van der Waals surface area contributed by atoms with E-state index in [-0.39, 0.29) is 11.3 Å². The van der Waals surface area contributed by atoms with E-state index in [0.717, 1.165) is 25.1 Å². The Labute approximate surface area is 155 Å². The number of carbonyl (C=O) groups is 1. The summed E-state index contributed by atoms with van der Waals surface area (Å²) in [7, 11) is 0. The van der Waals surface area contributed by atoms with Crippen molar-refractivity contribution in [1.29, 1.82) is 0 Å². The van der Waals surface area contributed by atoms with Gasteiger partial charge in [0.1, 0.15) is 0 Å². The van der Waals surface area contributed by atoms with Crippen LogP contribution in [0, 0.1) is 0 Å². The van der Waals surface area contributed by atoms with E-state index in [4.69, 9.17) is 12.2 Å². The minimum Gasteiger partial charge on any atom is -0.318 e. The predicted octanol–water partition coefficient (Wildman–Crippen LogP) is 4.45. The topological polar surface area (TPSA) is 32.3 Å². The number of thiocarbonyl (C=S) groups is 1. The fraction of sp³-hybridized carbons (Fsp3) is 0.333. The van der Waals surface area contributed by atoms with Gasteiger partial charge in [-0.1, -0.05) is 51.1 Å². The number of hydrogen-bond donors (Lipinski definition) is 1. The molecule has 1 heterocycles. The zero-order valence-corrected chi connectivity index (χ0v) is 15.8. The van der Waals surface area contributed by atoms with Crippen LogP contribution < -0.4 is 10.2 Å². The highest BCUT2D eigenvalue weighted by molar-refractivity contribution is 7.80. The molecule has 130 valence electrons. The molecule has 3 rings (SSSR count). The molecule has 25 heavy (non-hydrogen) atoms. The molecule has 0 saturated heterocycles. The molecule has 3 nitrogen and oxygen atoms in total. The van der Waals surface area contributed by atoms with Crippen LogP contribution in [0.4, 0.5) is 5.69 Å². The van der Waals surface area contributed by atoms with Crippen molar-refractivity contribution in [2.24, 2.45) is 0 Å². The molecule has 1 N–H and O–H groups in total. The third-order valence-corrected chi connectivity index (χ3v) is 4.91. The monoisotopic (exact) mass is 352 g/mol. The van der Waals surface area contributed by atoms with Gasteiger partial charge in [-0.2, -0.15) is 0 Å². The number of rotatable bonds is 1. The lowest BCUT2D eigenvalue weighted by Gasteiger charge is -2.31. The lowest BCUT2D eigenvalue weighted by Crippen LogP contribution is -2.45. The number of carbonyl (C=O) groups excluding carboxylic acids is 1. The summed E-state index contributed by atoms with van der Waals surface area (Å²) in [5.41, 5.74) is 4.28. The van der Waals surface area contributed by atoms with Gasteiger partial charge in [0.25, 0.3) is 5.91 Å². The number of nitrogens with one attached hydrogen (secondary N) is 1. The van der Waals surface area contributed by atoms with Gasteiger partial charge in [-0.15, -0.1) is 0 Å². The van der Waals surface area contributed by atoms with Gasteiger partial charge in [0.2, 0.25) is 0 Å². The second-order valence-electron chi connectivity index (χ2n) is 7.47. The maximum absolute atomic E-state index is 12.5. The minimum absolute atomic E-state index is 0.0712. The largest absolute Gasteiger partial charge is 0.318 e. The fourth-order valence-electron chi connectivity index (χ4n) is 3.10. The number of amides is 1. The molecule has 0 radical (unpaired) electrons. The van der Waals surface area contributed by atoms with Gasteiger partial charge in [-0.3, -0.25) is 10.1 Å². The van der Waals surface area contributed by atoms with Crippen LogP contribution in [-0.4, -0.2) is 17.6 Å². The molecule has 1 aliphatic rings. The van der Waals surface area contributed by atoms with Crippen molar-refractivity contribution in [2.45, 2.75) is 39.0 Å². The lowest BCUT2D eigenvalue weighted by atomic mass is 9.87. The summed E-state index contributed by atoms with van der Waals surface area (Å²) in [6, 6.07) is 16.0. The second kappa shape index (κ2) is 6.96. The van der Waals surface area contributed by atoms with Gasteiger partial charge < -0.3 is 4.90 Å². The SMILES string of the molecule is CC(C)(C)c1ccc(C(=O)NC(=S)N2CCCc3ccccc32)cc1. The predicted molar refractivity (Wildman–Crippen MR) is 107 cm³/mol. The zero-order valence-electron chi connectivity index (χ0n) is 15.0. The molecule has 0 spiro atoms. The number of para-hydroxylation sites is 1. The molecule has 0 atom stereocenters. The fourth-order valence-corrected chi connectivity index (χ4v) is 3.39. The Morgan fingerprint density at radius 1 is 1.08 bits per heavy atom. The summed E-state index contributed by atoms with van der Waals surface area (Å²) in [6.07, 6.45) is 2.09. The van der Waals surface area contributed by atoms with Gasteiger partial charge in [0.15, 0.2) is 5.11 Å². The van der Waals surface area contributed by atoms with Crippen LogP contribution in [0.3, 0.4) is 0 Å². The molecule has 0 saturated carbocycles. The van der Waals surface area contributed by atoms with Crippen molar-refractivity contribution in [3.8, 4) is 0 Å². The van der Waals surface area contributed by atoms with Crippen molar-refractivity contribution in [3.63, 3.8) is 0 Å². The summed E-state index contributed by atoms with van der Waals surface area (Å²) in [4.78, 5) is 14.6. The summed E-state index contributed by atoms with van der Waals surface area (Å²) >= 11 is 5.51. The highest BCUT2D eigenvalue weighted by Gasteiger charge is 2.21. The molecule has 0 fully saturated rings. The van der Waals surface area contributed by atoms with E-state index < -0.39 is 0 Å². The molecule has 2 aromatic carbocycles. The van der Waals surface area contributed by atoms with Crippen LogP contribution >= 0.6 is 12.2 Å². The summed E-state index contributed by atoms with van der Waals surface area (Å²) in [6.45, 7) is 7.31. The molecule has 0 aromatic heterocycles. The second-order valence-corrected chi connectivity index (χ2v) is 7.86. The van der Waals surface area contributed by atoms with E-state index in [1.807, 2.05) is 41.3 Å². The Bertz CT molecular complexity index is 790. The molecular formula is C21H24N2OS. The highest BCUT2D eigenvalue weighted by Crippen LogP contribution is 2.27.